The molecule has 0 spiro atoms. The number of fused-ring (bicyclic) bond motifs is 1. The maximum absolute atomic E-state index is 13.7. The standard InChI is InChI=1S/C28H28N2O7S/c1-5-19-24(27(33)35-4)25(18-10-8-7-9-11-18)30-26(32)22(38-28(30)29-19)15-17-12-13-20(21(14-17)36-6-2)37-16-23(31)34-3/h7-15,25H,5-6,16H2,1-4H3/b22-15-/t25-/m1/s1. The summed E-state index contributed by atoms with van der Waals surface area (Å²) in [5.41, 5.74) is 2.15. The maximum Gasteiger partial charge on any atom is 0.343 e. The molecule has 3 aromatic rings. The van der Waals surface area contributed by atoms with Gasteiger partial charge in [0.1, 0.15) is 0 Å². The molecule has 0 saturated heterocycles. The van der Waals surface area contributed by atoms with E-state index in [0.29, 0.717) is 50.7 Å². The Morgan fingerprint density at radius 3 is 2.45 bits per heavy atom. The molecule has 0 saturated carbocycles. The summed E-state index contributed by atoms with van der Waals surface area (Å²) in [6.07, 6.45) is 2.25. The van der Waals surface area contributed by atoms with E-state index in [9.17, 15) is 14.4 Å². The summed E-state index contributed by atoms with van der Waals surface area (Å²) in [5.74, 6) is -0.211. The molecule has 2 heterocycles. The number of benzene rings is 2. The van der Waals surface area contributed by atoms with Crippen molar-refractivity contribution >= 4 is 29.4 Å². The Morgan fingerprint density at radius 1 is 1.03 bits per heavy atom. The van der Waals surface area contributed by atoms with Gasteiger partial charge in [0, 0.05) is 0 Å². The van der Waals surface area contributed by atoms with Crippen LogP contribution in [0.5, 0.6) is 11.5 Å². The van der Waals surface area contributed by atoms with Crippen molar-refractivity contribution in [3.63, 3.8) is 0 Å². The molecule has 1 atom stereocenters. The van der Waals surface area contributed by atoms with Crippen LogP contribution in [-0.4, -0.2) is 43.9 Å². The van der Waals surface area contributed by atoms with Gasteiger partial charge in [0.15, 0.2) is 22.9 Å². The Morgan fingerprint density at radius 2 is 1.79 bits per heavy atom. The van der Waals surface area contributed by atoms with Crippen LogP contribution < -0.4 is 24.4 Å². The van der Waals surface area contributed by atoms with Crippen molar-refractivity contribution in [3.8, 4) is 11.5 Å². The second-order valence-corrected chi connectivity index (χ2v) is 9.21. The van der Waals surface area contributed by atoms with Crippen molar-refractivity contribution in [1.29, 1.82) is 0 Å². The number of aromatic nitrogens is 1. The van der Waals surface area contributed by atoms with Gasteiger partial charge < -0.3 is 18.9 Å². The van der Waals surface area contributed by atoms with E-state index < -0.39 is 18.0 Å². The minimum absolute atomic E-state index is 0.254. The second-order valence-electron chi connectivity index (χ2n) is 8.20. The number of thiazole rings is 1. The van der Waals surface area contributed by atoms with Crippen LogP contribution in [0.15, 0.2) is 69.6 Å². The highest BCUT2D eigenvalue weighted by atomic mass is 32.1. The zero-order valence-corrected chi connectivity index (χ0v) is 22.4. The molecule has 0 aliphatic carbocycles. The Hall–Kier alpha value is -4.18. The molecule has 38 heavy (non-hydrogen) atoms. The van der Waals surface area contributed by atoms with Gasteiger partial charge in [0.2, 0.25) is 0 Å². The maximum atomic E-state index is 13.7. The zero-order chi connectivity index (χ0) is 27.2. The lowest BCUT2D eigenvalue weighted by atomic mass is 9.95. The van der Waals surface area contributed by atoms with E-state index in [2.05, 4.69) is 9.73 Å². The molecule has 0 amide bonds. The topological polar surface area (TPSA) is 105 Å². The number of hydrogen-bond donors (Lipinski definition) is 0. The van der Waals surface area contributed by atoms with Crippen molar-refractivity contribution in [2.24, 2.45) is 4.99 Å². The van der Waals surface area contributed by atoms with Crippen molar-refractivity contribution in [1.82, 2.24) is 4.57 Å². The average Bonchev–Trinajstić information content (AvgIpc) is 3.25. The van der Waals surface area contributed by atoms with Crippen LogP contribution in [0.25, 0.3) is 6.08 Å². The fourth-order valence-electron chi connectivity index (χ4n) is 4.16. The molecular weight excluding hydrogens is 508 g/mol. The monoisotopic (exact) mass is 536 g/mol. The highest BCUT2D eigenvalue weighted by Crippen LogP contribution is 2.32. The van der Waals surface area contributed by atoms with E-state index in [1.54, 1.807) is 28.8 Å². The fourth-order valence-corrected chi connectivity index (χ4v) is 5.18. The molecular formula is C28H28N2O7S. The summed E-state index contributed by atoms with van der Waals surface area (Å²) in [6, 6.07) is 13.9. The zero-order valence-electron chi connectivity index (χ0n) is 21.6. The average molecular weight is 537 g/mol. The van der Waals surface area contributed by atoms with Crippen molar-refractivity contribution in [3.05, 3.63) is 90.6 Å². The Bertz CT molecular complexity index is 1550. The van der Waals surface area contributed by atoms with Gasteiger partial charge in [-0.1, -0.05) is 54.7 Å². The Kier molecular flexibility index (Phi) is 8.42. The minimum Gasteiger partial charge on any atom is -0.490 e. The van der Waals surface area contributed by atoms with Gasteiger partial charge in [0.05, 0.1) is 42.7 Å². The second kappa shape index (κ2) is 11.9. The molecule has 2 aromatic carbocycles. The number of carbonyl (C=O) groups is 2. The third kappa shape index (κ3) is 5.40. The van der Waals surface area contributed by atoms with E-state index in [-0.39, 0.29) is 12.2 Å². The molecule has 0 radical (unpaired) electrons. The predicted octanol–water partition coefficient (Wildman–Crippen LogP) is 2.75. The lowest BCUT2D eigenvalue weighted by molar-refractivity contribution is -0.143. The third-order valence-corrected chi connectivity index (χ3v) is 6.89. The number of hydrogen-bond acceptors (Lipinski definition) is 9. The summed E-state index contributed by atoms with van der Waals surface area (Å²) in [7, 11) is 2.61. The highest BCUT2D eigenvalue weighted by molar-refractivity contribution is 7.07. The lowest BCUT2D eigenvalue weighted by Crippen LogP contribution is -2.40. The van der Waals surface area contributed by atoms with Gasteiger partial charge in [-0.2, -0.15) is 0 Å². The van der Waals surface area contributed by atoms with Crippen molar-refractivity contribution < 1.29 is 28.5 Å². The van der Waals surface area contributed by atoms with Crippen LogP contribution >= 0.6 is 11.3 Å². The number of methoxy groups -OCH3 is 2. The van der Waals surface area contributed by atoms with Crippen LogP contribution in [0.1, 0.15) is 37.4 Å². The Balaban J connectivity index is 1.84. The van der Waals surface area contributed by atoms with Gasteiger partial charge in [-0.05, 0) is 42.7 Å². The highest BCUT2D eigenvalue weighted by Gasteiger charge is 2.33. The van der Waals surface area contributed by atoms with E-state index in [1.165, 1.54) is 25.6 Å². The first-order valence-corrected chi connectivity index (χ1v) is 12.9. The molecule has 0 bridgehead atoms. The third-order valence-electron chi connectivity index (χ3n) is 5.90. The largest absolute Gasteiger partial charge is 0.490 e. The number of rotatable bonds is 9. The first-order valence-electron chi connectivity index (χ1n) is 12.1. The molecule has 4 rings (SSSR count). The van der Waals surface area contributed by atoms with Crippen LogP contribution in [-0.2, 0) is 19.1 Å². The summed E-state index contributed by atoms with van der Waals surface area (Å²) >= 11 is 1.24. The van der Waals surface area contributed by atoms with Crippen LogP contribution in [0.3, 0.4) is 0 Å². The molecule has 0 unspecified atom stereocenters. The summed E-state index contributed by atoms with van der Waals surface area (Å²) in [6.45, 7) is 3.88. The smallest absolute Gasteiger partial charge is 0.343 e. The molecule has 1 aliphatic rings. The molecule has 1 aliphatic heterocycles. The van der Waals surface area contributed by atoms with E-state index in [0.717, 1.165) is 5.56 Å². The predicted molar refractivity (Wildman–Crippen MR) is 142 cm³/mol. The Labute approximate surface area is 223 Å². The molecule has 0 N–H and O–H groups in total. The normalized spacial score (nSPS) is 14.9. The quantitative estimate of drug-likeness (QED) is 0.387. The molecule has 0 fully saturated rings. The first kappa shape index (κ1) is 26.9. The first-order chi connectivity index (χ1) is 18.4. The van der Waals surface area contributed by atoms with E-state index >= 15 is 0 Å². The number of esters is 2. The SMILES string of the molecule is CCOc1cc(/C=c2\sc3n(c2=O)[C@H](c2ccccc2)C(C(=O)OC)=C(CC)N=3)ccc1OCC(=O)OC. The van der Waals surface area contributed by atoms with Gasteiger partial charge in [-0.25, -0.2) is 14.6 Å². The number of allylic oxidation sites excluding steroid dienone is 1. The summed E-state index contributed by atoms with van der Waals surface area (Å²) < 4.78 is 22.9. The molecule has 1 aromatic heterocycles. The van der Waals surface area contributed by atoms with Crippen LogP contribution in [0, 0.1) is 0 Å². The molecule has 198 valence electrons. The molecule has 10 heteroatoms. The summed E-state index contributed by atoms with van der Waals surface area (Å²) in [5, 5.41) is 0. The summed E-state index contributed by atoms with van der Waals surface area (Å²) in [4.78, 5) is 43.3. The van der Waals surface area contributed by atoms with Crippen LogP contribution in [0.4, 0.5) is 0 Å². The number of carbonyl (C=O) groups excluding carboxylic acids is 2. The number of ether oxygens (including phenoxy) is 4. The van der Waals surface area contributed by atoms with E-state index in [1.807, 2.05) is 44.2 Å². The van der Waals surface area contributed by atoms with Gasteiger partial charge in [-0.15, -0.1) is 0 Å². The molecule has 9 nitrogen and oxygen atoms in total. The minimum atomic E-state index is -0.662. The number of nitrogens with zero attached hydrogens (tertiary/aromatic N) is 2. The van der Waals surface area contributed by atoms with Crippen molar-refractivity contribution in [2.45, 2.75) is 26.3 Å². The lowest BCUT2D eigenvalue weighted by Gasteiger charge is -2.25. The van der Waals surface area contributed by atoms with Gasteiger partial charge in [0.25, 0.3) is 5.56 Å². The van der Waals surface area contributed by atoms with Crippen molar-refractivity contribution in [2.75, 3.05) is 27.4 Å². The van der Waals surface area contributed by atoms with Gasteiger partial charge >= 0.3 is 11.9 Å². The van der Waals surface area contributed by atoms with E-state index in [4.69, 9.17) is 14.2 Å². The van der Waals surface area contributed by atoms with Gasteiger partial charge in [-0.3, -0.25) is 9.36 Å². The fraction of sp³-hybridized carbons (Fsp3) is 0.286. The van der Waals surface area contributed by atoms with Crippen LogP contribution in [0.2, 0.25) is 0 Å².